The molecule has 4 heteroatoms. The van der Waals surface area contributed by atoms with E-state index in [4.69, 9.17) is 5.84 Å². The van der Waals surface area contributed by atoms with Gasteiger partial charge >= 0.3 is 0 Å². The first kappa shape index (κ1) is 10.6. The van der Waals surface area contributed by atoms with Crippen LogP contribution < -0.4 is 11.3 Å². The maximum Gasteiger partial charge on any atom is 0.0620 e. The highest BCUT2D eigenvalue weighted by Gasteiger charge is 1.97. The van der Waals surface area contributed by atoms with E-state index in [1.165, 1.54) is 0 Å². The quantitative estimate of drug-likeness (QED) is 0.647. The van der Waals surface area contributed by atoms with E-state index >= 15 is 0 Å². The molecule has 0 saturated heterocycles. The van der Waals surface area contributed by atoms with Gasteiger partial charge in [-0.3, -0.25) is 5.84 Å². The summed E-state index contributed by atoms with van der Waals surface area (Å²) in [5.74, 6) is 5.39. The molecule has 0 aliphatic rings. The summed E-state index contributed by atoms with van der Waals surface area (Å²) >= 11 is 5.00. The van der Waals surface area contributed by atoms with Gasteiger partial charge in [-0.15, -0.1) is 11.8 Å². The number of benzene rings is 1. The zero-order valence-corrected chi connectivity index (χ0v) is 9.65. The Labute approximate surface area is 90.7 Å². The number of thioether (sulfide) groups is 1. The second-order valence-electron chi connectivity index (χ2n) is 2.42. The Morgan fingerprint density at radius 3 is 2.54 bits per heavy atom. The molecule has 0 aromatic heterocycles. The zero-order valence-electron chi connectivity index (χ0n) is 7.25. The van der Waals surface area contributed by atoms with Crippen molar-refractivity contribution in [1.29, 1.82) is 0 Å². The number of nitrogens with one attached hydrogen (secondary N) is 1. The van der Waals surface area contributed by atoms with Gasteiger partial charge in [-0.25, -0.2) is 0 Å². The molecule has 0 heterocycles. The molecule has 2 nitrogen and oxygen atoms in total. The normalized spacial score (nSPS) is 11.5. The molecule has 1 aromatic rings. The zero-order chi connectivity index (χ0) is 9.68. The van der Waals surface area contributed by atoms with E-state index in [9.17, 15) is 0 Å². The molecule has 0 fully saturated rings. The third kappa shape index (κ3) is 3.06. The molecule has 0 radical (unpaired) electrons. The lowest BCUT2D eigenvalue weighted by atomic mass is 10.2. The van der Waals surface area contributed by atoms with E-state index in [1.807, 2.05) is 35.9 Å². The number of halogens is 1. The molecule has 1 aromatic carbocycles. The van der Waals surface area contributed by atoms with Crippen LogP contribution in [0.15, 0.2) is 34.1 Å². The molecular formula is C9H11BrN2S. The van der Waals surface area contributed by atoms with E-state index < -0.39 is 0 Å². The Morgan fingerprint density at radius 1 is 1.46 bits per heavy atom. The molecule has 0 spiro atoms. The van der Waals surface area contributed by atoms with E-state index in [0.29, 0.717) is 0 Å². The smallest absolute Gasteiger partial charge is 0.0620 e. The first-order valence-electron chi connectivity index (χ1n) is 3.73. The van der Waals surface area contributed by atoms with E-state index in [-0.39, 0.29) is 0 Å². The number of hydrazine groups is 1. The average molecular weight is 259 g/mol. The molecule has 0 aliphatic heterocycles. The van der Waals surface area contributed by atoms with Crippen LogP contribution in [-0.2, 0) is 0 Å². The van der Waals surface area contributed by atoms with Crippen molar-refractivity contribution in [1.82, 2.24) is 5.43 Å². The monoisotopic (exact) mass is 258 g/mol. The van der Waals surface area contributed by atoms with Gasteiger partial charge in [-0.2, -0.15) is 0 Å². The maximum absolute atomic E-state index is 5.39. The van der Waals surface area contributed by atoms with Crippen molar-refractivity contribution in [2.45, 2.75) is 0 Å². The fourth-order valence-corrected chi connectivity index (χ4v) is 1.64. The van der Waals surface area contributed by atoms with Crippen LogP contribution >= 0.6 is 27.7 Å². The number of nitrogens with two attached hydrogens (primary N) is 1. The fourth-order valence-electron chi connectivity index (χ4n) is 0.933. The summed E-state index contributed by atoms with van der Waals surface area (Å²) in [6, 6.07) is 7.99. The SMILES string of the molecule is CS/C=C(\NN)c1ccc(Br)cc1. The fraction of sp³-hybridized carbons (Fsp3) is 0.111. The molecule has 0 unspecified atom stereocenters. The Kier molecular flexibility index (Phi) is 4.35. The summed E-state index contributed by atoms with van der Waals surface area (Å²) in [6.07, 6.45) is 2.00. The molecular weight excluding hydrogens is 248 g/mol. The third-order valence-electron chi connectivity index (χ3n) is 1.55. The van der Waals surface area contributed by atoms with Crippen LogP contribution in [0.4, 0.5) is 0 Å². The molecule has 0 bridgehead atoms. The number of rotatable bonds is 3. The van der Waals surface area contributed by atoms with Crippen LogP contribution in [0.1, 0.15) is 5.56 Å². The van der Waals surface area contributed by atoms with Gasteiger partial charge in [0, 0.05) is 4.47 Å². The summed E-state index contributed by atoms with van der Waals surface area (Å²) in [6.45, 7) is 0. The molecule has 0 atom stereocenters. The molecule has 70 valence electrons. The summed E-state index contributed by atoms with van der Waals surface area (Å²) in [5.41, 5.74) is 4.68. The second kappa shape index (κ2) is 5.32. The largest absolute Gasteiger partial charge is 0.323 e. The number of hydrogen-bond donors (Lipinski definition) is 2. The van der Waals surface area contributed by atoms with Gasteiger partial charge < -0.3 is 5.43 Å². The summed E-state index contributed by atoms with van der Waals surface area (Å²) in [5, 5.41) is 1.98. The molecule has 0 aliphatic carbocycles. The minimum Gasteiger partial charge on any atom is -0.323 e. The molecule has 0 amide bonds. The lowest BCUT2D eigenvalue weighted by Gasteiger charge is -2.05. The van der Waals surface area contributed by atoms with Crippen molar-refractivity contribution in [3.05, 3.63) is 39.7 Å². The van der Waals surface area contributed by atoms with Gasteiger partial charge in [0.1, 0.15) is 0 Å². The lowest BCUT2D eigenvalue weighted by molar-refractivity contribution is 0.994. The summed E-state index contributed by atoms with van der Waals surface area (Å²) < 4.78 is 1.07. The van der Waals surface area contributed by atoms with Crippen LogP contribution in [0.25, 0.3) is 5.70 Å². The first-order chi connectivity index (χ1) is 6.27. The molecule has 13 heavy (non-hydrogen) atoms. The van der Waals surface area contributed by atoms with Crippen molar-refractivity contribution in [2.75, 3.05) is 6.26 Å². The van der Waals surface area contributed by atoms with Crippen molar-refractivity contribution >= 4 is 33.4 Å². The standard InChI is InChI=1S/C9H11BrN2S/c1-13-6-9(12-11)7-2-4-8(10)5-3-7/h2-6,12H,11H2,1H3/b9-6-. The van der Waals surface area contributed by atoms with Gasteiger partial charge in [0.2, 0.25) is 0 Å². The van der Waals surface area contributed by atoms with Crippen LogP contribution in [-0.4, -0.2) is 6.26 Å². The minimum atomic E-state index is 0.931. The van der Waals surface area contributed by atoms with Crippen molar-refractivity contribution in [3.8, 4) is 0 Å². The molecule has 1 rings (SSSR count). The first-order valence-corrected chi connectivity index (χ1v) is 5.81. The van der Waals surface area contributed by atoms with Gasteiger partial charge in [0.05, 0.1) is 5.70 Å². The van der Waals surface area contributed by atoms with Gasteiger partial charge in [-0.1, -0.05) is 28.1 Å². The summed E-state index contributed by atoms with van der Waals surface area (Å²) in [7, 11) is 0. The molecule has 0 saturated carbocycles. The highest BCUT2D eigenvalue weighted by atomic mass is 79.9. The van der Waals surface area contributed by atoms with Crippen LogP contribution in [0.3, 0.4) is 0 Å². The van der Waals surface area contributed by atoms with Crippen molar-refractivity contribution < 1.29 is 0 Å². The Morgan fingerprint density at radius 2 is 2.08 bits per heavy atom. The maximum atomic E-state index is 5.39. The van der Waals surface area contributed by atoms with Crippen LogP contribution in [0.5, 0.6) is 0 Å². The third-order valence-corrected chi connectivity index (χ3v) is 2.55. The predicted molar refractivity (Wildman–Crippen MR) is 63.0 cm³/mol. The minimum absolute atomic E-state index is 0.931. The van der Waals surface area contributed by atoms with E-state index in [0.717, 1.165) is 15.7 Å². The van der Waals surface area contributed by atoms with E-state index in [1.54, 1.807) is 11.8 Å². The van der Waals surface area contributed by atoms with Crippen LogP contribution in [0, 0.1) is 0 Å². The second-order valence-corrected chi connectivity index (χ2v) is 4.04. The van der Waals surface area contributed by atoms with Crippen molar-refractivity contribution in [2.24, 2.45) is 5.84 Å². The highest BCUT2D eigenvalue weighted by Crippen LogP contribution is 2.17. The predicted octanol–water partition coefficient (Wildman–Crippen LogP) is 2.57. The Balaban J connectivity index is 2.92. The van der Waals surface area contributed by atoms with Gasteiger partial charge in [-0.05, 0) is 29.4 Å². The topological polar surface area (TPSA) is 38.0 Å². The van der Waals surface area contributed by atoms with E-state index in [2.05, 4.69) is 21.4 Å². The van der Waals surface area contributed by atoms with Gasteiger partial charge in [0.25, 0.3) is 0 Å². The lowest BCUT2D eigenvalue weighted by Crippen LogP contribution is -2.19. The summed E-state index contributed by atoms with van der Waals surface area (Å²) in [4.78, 5) is 0. The van der Waals surface area contributed by atoms with Crippen molar-refractivity contribution in [3.63, 3.8) is 0 Å². The molecule has 3 N–H and O–H groups in total. The Bertz CT molecular complexity index is 295. The van der Waals surface area contributed by atoms with Crippen LogP contribution in [0.2, 0.25) is 0 Å². The average Bonchev–Trinajstić information content (AvgIpc) is 2.16. The Hall–Kier alpha value is -0.450. The van der Waals surface area contributed by atoms with Gasteiger partial charge in [0.15, 0.2) is 0 Å². The highest BCUT2D eigenvalue weighted by molar-refractivity contribution is 9.10. The number of hydrogen-bond acceptors (Lipinski definition) is 3.